The van der Waals surface area contributed by atoms with Crippen molar-refractivity contribution in [2.75, 3.05) is 19.1 Å². The number of anilines is 1. The lowest BCUT2D eigenvalue weighted by Gasteiger charge is -2.26. The molecule has 0 bridgehead atoms. The molecule has 9 nitrogen and oxygen atoms in total. The maximum Gasteiger partial charge on any atom is 0.270 e. The number of hydrogen-bond acceptors (Lipinski definition) is 6. The number of imide groups is 1. The van der Waals surface area contributed by atoms with Gasteiger partial charge in [0.2, 0.25) is 11.8 Å². The molecule has 10 heteroatoms. The summed E-state index contributed by atoms with van der Waals surface area (Å²) in [6.45, 7) is 1.16. The van der Waals surface area contributed by atoms with Crippen molar-refractivity contribution in [3.63, 3.8) is 0 Å². The van der Waals surface area contributed by atoms with Gasteiger partial charge in [0.25, 0.3) is 11.8 Å². The fourth-order valence-corrected chi connectivity index (χ4v) is 3.21. The van der Waals surface area contributed by atoms with Crippen molar-refractivity contribution in [3.05, 3.63) is 53.8 Å². The molecule has 31 heavy (non-hydrogen) atoms. The third kappa shape index (κ3) is 4.32. The number of nitrogens with one attached hydrogen (secondary N) is 1. The molecule has 4 amide bonds. The molecule has 1 heterocycles. The van der Waals surface area contributed by atoms with E-state index in [-0.39, 0.29) is 17.7 Å². The maximum atomic E-state index is 13.2. The molecule has 1 atom stereocenters. The van der Waals surface area contributed by atoms with Crippen molar-refractivity contribution in [2.24, 2.45) is 0 Å². The summed E-state index contributed by atoms with van der Waals surface area (Å²) >= 11 is 0. The molecule has 0 radical (unpaired) electrons. The highest BCUT2D eigenvalue weighted by Gasteiger charge is 2.44. The normalized spacial score (nSPS) is 15.6. The summed E-state index contributed by atoms with van der Waals surface area (Å²) in [5.74, 6) is -2.41. The summed E-state index contributed by atoms with van der Waals surface area (Å²) in [7, 11) is 2.86. The first-order valence-corrected chi connectivity index (χ1v) is 9.22. The number of methoxy groups -OCH3 is 2. The molecule has 1 aliphatic rings. The summed E-state index contributed by atoms with van der Waals surface area (Å²) in [5, 5.41) is 0.822. The van der Waals surface area contributed by atoms with Crippen LogP contribution < -0.4 is 19.8 Å². The van der Waals surface area contributed by atoms with Gasteiger partial charge in [0, 0.05) is 12.5 Å². The predicted octanol–water partition coefficient (Wildman–Crippen LogP) is 1.67. The summed E-state index contributed by atoms with van der Waals surface area (Å²) in [5.41, 5.74) is 2.71. The number of halogens is 1. The van der Waals surface area contributed by atoms with E-state index < -0.39 is 35.5 Å². The van der Waals surface area contributed by atoms with Crippen LogP contribution in [0, 0.1) is 5.82 Å². The summed E-state index contributed by atoms with van der Waals surface area (Å²) in [6.07, 6.45) is -0.331. The summed E-state index contributed by atoms with van der Waals surface area (Å²) in [6, 6.07) is 7.96. The van der Waals surface area contributed by atoms with Gasteiger partial charge in [-0.15, -0.1) is 0 Å². The number of carbonyl (C=O) groups is 4. The van der Waals surface area contributed by atoms with Gasteiger partial charge >= 0.3 is 0 Å². The molecule has 0 spiro atoms. The van der Waals surface area contributed by atoms with Crippen LogP contribution in [0.5, 0.6) is 11.5 Å². The second-order valence-corrected chi connectivity index (χ2v) is 6.66. The van der Waals surface area contributed by atoms with Gasteiger partial charge < -0.3 is 9.47 Å². The van der Waals surface area contributed by atoms with Gasteiger partial charge in [0.05, 0.1) is 26.3 Å². The average molecular weight is 429 g/mol. The fraction of sp³-hybridized carbons (Fsp3) is 0.238. The quantitative estimate of drug-likeness (QED) is 0.573. The first-order valence-electron chi connectivity index (χ1n) is 9.22. The molecular weight excluding hydrogens is 409 g/mol. The van der Waals surface area contributed by atoms with Gasteiger partial charge in [-0.05, 0) is 42.5 Å². The van der Waals surface area contributed by atoms with E-state index in [0.717, 1.165) is 29.0 Å². The molecular formula is C21H20FN3O6. The number of nitrogens with zero attached hydrogens (tertiary/aromatic N) is 2. The Morgan fingerprint density at radius 2 is 1.71 bits per heavy atom. The SMILES string of the molecule is COc1ccc(C(=O)NN(C(C)=O)[C@@H]2CC(=O)N(c3ccc(F)cc3)C2=O)cc1OC. The van der Waals surface area contributed by atoms with Crippen LogP contribution >= 0.6 is 0 Å². The van der Waals surface area contributed by atoms with Crippen molar-refractivity contribution in [3.8, 4) is 11.5 Å². The van der Waals surface area contributed by atoms with E-state index in [1.165, 1.54) is 44.6 Å². The fourth-order valence-electron chi connectivity index (χ4n) is 3.21. The molecule has 1 N–H and O–H groups in total. The van der Waals surface area contributed by atoms with Crippen LogP contribution in [-0.2, 0) is 14.4 Å². The lowest BCUT2D eigenvalue weighted by Crippen LogP contribution is -2.54. The van der Waals surface area contributed by atoms with Crippen LogP contribution in [0.25, 0.3) is 0 Å². The highest BCUT2D eigenvalue weighted by atomic mass is 19.1. The van der Waals surface area contributed by atoms with E-state index in [0.29, 0.717) is 11.5 Å². The van der Waals surface area contributed by atoms with E-state index in [9.17, 15) is 23.6 Å². The van der Waals surface area contributed by atoms with Gasteiger partial charge in [0.1, 0.15) is 11.9 Å². The van der Waals surface area contributed by atoms with E-state index in [1.807, 2.05) is 0 Å². The van der Waals surface area contributed by atoms with Gasteiger partial charge in [-0.1, -0.05) is 0 Å². The van der Waals surface area contributed by atoms with E-state index in [4.69, 9.17) is 9.47 Å². The lowest BCUT2D eigenvalue weighted by atomic mass is 10.2. The van der Waals surface area contributed by atoms with Gasteiger partial charge in [-0.2, -0.15) is 0 Å². The Balaban J connectivity index is 1.83. The first kappa shape index (κ1) is 21.8. The van der Waals surface area contributed by atoms with Gasteiger partial charge in [-0.25, -0.2) is 14.3 Å². The molecule has 0 aromatic heterocycles. The zero-order chi connectivity index (χ0) is 22.7. The molecule has 1 fully saturated rings. The van der Waals surface area contributed by atoms with Crippen LogP contribution in [0.15, 0.2) is 42.5 Å². The second kappa shape index (κ2) is 8.82. The van der Waals surface area contributed by atoms with Crippen LogP contribution in [0.3, 0.4) is 0 Å². The van der Waals surface area contributed by atoms with E-state index in [1.54, 1.807) is 0 Å². The summed E-state index contributed by atoms with van der Waals surface area (Å²) < 4.78 is 23.5. The molecule has 162 valence electrons. The average Bonchev–Trinajstić information content (AvgIpc) is 3.05. The van der Waals surface area contributed by atoms with Gasteiger partial charge in [-0.3, -0.25) is 24.6 Å². The Morgan fingerprint density at radius 1 is 1.06 bits per heavy atom. The van der Waals surface area contributed by atoms with Crippen LogP contribution in [0.1, 0.15) is 23.7 Å². The third-order valence-corrected chi connectivity index (χ3v) is 4.73. The highest BCUT2D eigenvalue weighted by Crippen LogP contribution is 2.28. The Morgan fingerprint density at radius 3 is 2.29 bits per heavy atom. The smallest absolute Gasteiger partial charge is 0.270 e. The van der Waals surface area contributed by atoms with Crippen LogP contribution in [0.4, 0.5) is 10.1 Å². The minimum atomic E-state index is -1.24. The van der Waals surface area contributed by atoms with Crippen molar-refractivity contribution >= 4 is 29.3 Å². The molecule has 1 saturated heterocycles. The van der Waals surface area contributed by atoms with Gasteiger partial charge in [0.15, 0.2) is 11.5 Å². The second-order valence-electron chi connectivity index (χ2n) is 6.66. The van der Waals surface area contributed by atoms with E-state index in [2.05, 4.69) is 5.43 Å². The largest absolute Gasteiger partial charge is 0.493 e. The highest BCUT2D eigenvalue weighted by molar-refractivity contribution is 6.23. The Hall–Kier alpha value is -3.95. The standard InChI is InChI=1S/C21H20FN3O6/c1-12(26)25(23-20(28)13-4-9-17(30-2)18(10-13)31-3)16-11-19(27)24(21(16)29)15-7-5-14(22)6-8-15/h4-10,16H,11H2,1-3H3,(H,23,28)/t16-/m1/s1. The van der Waals surface area contributed by atoms with Crippen molar-refractivity contribution < 1.29 is 33.0 Å². The Kier molecular flexibility index (Phi) is 6.19. The van der Waals surface area contributed by atoms with Crippen LogP contribution in [-0.4, -0.2) is 48.9 Å². The lowest BCUT2D eigenvalue weighted by molar-refractivity contribution is -0.139. The number of carbonyl (C=O) groups excluding carboxylic acids is 4. The van der Waals surface area contributed by atoms with Crippen LogP contribution in [0.2, 0.25) is 0 Å². The minimum absolute atomic E-state index is 0.149. The zero-order valence-electron chi connectivity index (χ0n) is 17.0. The Labute approximate surface area is 177 Å². The van der Waals surface area contributed by atoms with E-state index >= 15 is 0 Å². The number of benzene rings is 2. The molecule has 2 aromatic rings. The minimum Gasteiger partial charge on any atom is -0.493 e. The molecule has 0 aliphatic carbocycles. The molecule has 0 unspecified atom stereocenters. The predicted molar refractivity (Wildman–Crippen MR) is 107 cm³/mol. The van der Waals surface area contributed by atoms with Crippen molar-refractivity contribution in [2.45, 2.75) is 19.4 Å². The number of amides is 4. The molecule has 3 rings (SSSR count). The summed E-state index contributed by atoms with van der Waals surface area (Å²) in [4.78, 5) is 51.1. The number of hydrazine groups is 1. The molecule has 0 saturated carbocycles. The topological polar surface area (TPSA) is 105 Å². The monoisotopic (exact) mass is 429 g/mol. The number of ether oxygens (including phenoxy) is 2. The first-order chi connectivity index (χ1) is 14.8. The molecule has 2 aromatic carbocycles. The Bertz CT molecular complexity index is 1040. The maximum absolute atomic E-state index is 13.2. The number of rotatable bonds is 5. The molecule has 1 aliphatic heterocycles. The van der Waals surface area contributed by atoms with Crippen molar-refractivity contribution in [1.82, 2.24) is 10.4 Å². The van der Waals surface area contributed by atoms with Crippen molar-refractivity contribution in [1.29, 1.82) is 0 Å². The number of hydrogen-bond donors (Lipinski definition) is 1. The third-order valence-electron chi connectivity index (χ3n) is 4.73. The zero-order valence-corrected chi connectivity index (χ0v) is 17.0.